The number of terminal acetylenes is 1. The summed E-state index contributed by atoms with van der Waals surface area (Å²) in [6.45, 7) is 33.6. The number of hydrogen-bond donors (Lipinski definition) is 0. The maximum absolute atomic E-state index is 4.60. The first-order valence-corrected chi connectivity index (χ1v) is 15.1. The van der Waals surface area contributed by atoms with Crippen LogP contribution in [0.3, 0.4) is 0 Å². The van der Waals surface area contributed by atoms with Gasteiger partial charge in [0.1, 0.15) is 0 Å². The lowest BCUT2D eigenvalue weighted by molar-refractivity contribution is 0.576. The molecule has 0 saturated heterocycles. The van der Waals surface area contributed by atoms with Gasteiger partial charge in [0.25, 0.3) is 0 Å². The Labute approximate surface area is 245 Å². The van der Waals surface area contributed by atoms with Crippen molar-refractivity contribution in [3.63, 3.8) is 0 Å². The summed E-state index contributed by atoms with van der Waals surface area (Å²) in [5, 5.41) is 0. The molecule has 2 aromatic rings. The van der Waals surface area contributed by atoms with Gasteiger partial charge in [-0.1, -0.05) is 171 Å². The average molecular weight is 531 g/mol. The number of aryl methyl sites for hydroxylation is 3. The minimum atomic E-state index is 0. The topological polar surface area (TPSA) is 0 Å². The van der Waals surface area contributed by atoms with Crippen molar-refractivity contribution in [2.45, 2.75) is 157 Å². The summed E-state index contributed by atoms with van der Waals surface area (Å²) in [4.78, 5) is 0. The van der Waals surface area contributed by atoms with Gasteiger partial charge in [0.2, 0.25) is 0 Å². The maximum Gasteiger partial charge on any atom is -0.00297 e. The molecule has 0 N–H and O–H groups in total. The van der Waals surface area contributed by atoms with E-state index >= 15 is 0 Å². The van der Waals surface area contributed by atoms with Gasteiger partial charge in [-0.15, -0.1) is 12.3 Å². The van der Waals surface area contributed by atoms with E-state index in [1.807, 2.05) is 33.8 Å². The first kappa shape index (κ1) is 52.4. The highest BCUT2D eigenvalue weighted by atomic mass is 14.0. The molecule has 0 nitrogen and oxygen atoms in total. The van der Waals surface area contributed by atoms with Crippen molar-refractivity contribution in [2.24, 2.45) is 5.92 Å². The maximum atomic E-state index is 4.60. The average Bonchev–Trinajstić information content (AvgIpc) is 2.92. The van der Waals surface area contributed by atoms with E-state index in [2.05, 4.69) is 131 Å². The highest BCUT2D eigenvalue weighted by Crippen LogP contribution is 2.10. The third-order valence-corrected chi connectivity index (χ3v) is 4.49. The van der Waals surface area contributed by atoms with E-state index in [1.54, 1.807) is 6.92 Å². The van der Waals surface area contributed by atoms with Crippen LogP contribution >= 0.6 is 0 Å². The van der Waals surface area contributed by atoms with Crippen LogP contribution in [-0.2, 0) is 6.42 Å². The SMILES string of the molecule is C.C#CC.CC.CC.CCC.CCCC.CCCC(C)C.CCc1ccccc1.Cc1cccc(C)c1C. The first-order valence-electron chi connectivity index (χ1n) is 15.1. The Morgan fingerprint density at radius 2 is 1.00 bits per heavy atom. The Hall–Kier alpha value is -2.00. The summed E-state index contributed by atoms with van der Waals surface area (Å²) in [5.74, 6) is 3.15. The second kappa shape index (κ2) is 51.6. The van der Waals surface area contributed by atoms with Crippen LogP contribution in [0.4, 0.5) is 0 Å². The zero-order chi connectivity index (χ0) is 30.5. The largest absolute Gasteiger partial charge is 0.120 e. The molecule has 0 aromatic heterocycles. The minimum absolute atomic E-state index is 0. The highest BCUT2D eigenvalue weighted by molar-refractivity contribution is 5.31. The number of benzene rings is 2. The van der Waals surface area contributed by atoms with Gasteiger partial charge in [0.15, 0.2) is 0 Å². The first-order chi connectivity index (χ1) is 17.7. The highest BCUT2D eigenvalue weighted by Gasteiger charge is 1.91. The quantitative estimate of drug-likeness (QED) is 0.345. The number of hydrogen-bond acceptors (Lipinski definition) is 0. The van der Waals surface area contributed by atoms with Crippen molar-refractivity contribution < 1.29 is 0 Å². The van der Waals surface area contributed by atoms with E-state index in [0.717, 1.165) is 12.3 Å². The van der Waals surface area contributed by atoms with Crippen LogP contribution in [0, 0.1) is 39.0 Å². The molecule has 0 bridgehead atoms. The van der Waals surface area contributed by atoms with Gasteiger partial charge in [-0.3, -0.25) is 0 Å². The van der Waals surface area contributed by atoms with Crippen molar-refractivity contribution in [1.29, 1.82) is 0 Å². The second-order valence-electron chi connectivity index (χ2n) is 8.53. The molecule has 0 atom stereocenters. The van der Waals surface area contributed by atoms with E-state index in [0.29, 0.717) is 0 Å². The second-order valence-corrected chi connectivity index (χ2v) is 8.53. The van der Waals surface area contributed by atoms with Gasteiger partial charge in [-0.05, 0) is 62.3 Å². The molecule has 0 heterocycles. The Bertz CT molecular complexity index is 607. The third kappa shape index (κ3) is 54.8. The van der Waals surface area contributed by atoms with E-state index in [4.69, 9.17) is 0 Å². The summed E-state index contributed by atoms with van der Waals surface area (Å²) in [7, 11) is 0. The van der Waals surface area contributed by atoms with Crippen LogP contribution in [0.2, 0.25) is 0 Å². The molecule has 0 unspecified atom stereocenters. The summed E-state index contributed by atoms with van der Waals surface area (Å²) in [5.41, 5.74) is 5.59. The molecule has 2 aromatic carbocycles. The zero-order valence-corrected chi connectivity index (χ0v) is 28.5. The fraction of sp³-hybridized carbons (Fsp3) is 0.632. The van der Waals surface area contributed by atoms with Gasteiger partial charge in [0.05, 0.1) is 0 Å². The number of unbranched alkanes of at least 4 members (excludes halogenated alkanes) is 1. The van der Waals surface area contributed by atoms with Gasteiger partial charge < -0.3 is 0 Å². The van der Waals surface area contributed by atoms with Gasteiger partial charge in [-0.25, -0.2) is 0 Å². The molecule has 0 radical (unpaired) electrons. The molecule has 38 heavy (non-hydrogen) atoms. The molecular weight excluding hydrogens is 456 g/mol. The van der Waals surface area contributed by atoms with E-state index in [-0.39, 0.29) is 7.43 Å². The van der Waals surface area contributed by atoms with Crippen molar-refractivity contribution in [2.75, 3.05) is 0 Å². The van der Waals surface area contributed by atoms with Crippen LogP contribution < -0.4 is 0 Å². The third-order valence-electron chi connectivity index (χ3n) is 4.49. The summed E-state index contributed by atoms with van der Waals surface area (Å²) in [6, 6.07) is 16.8. The van der Waals surface area contributed by atoms with Crippen molar-refractivity contribution in [3.05, 3.63) is 70.8 Å². The molecule has 0 aliphatic rings. The molecule has 0 spiro atoms. The molecular formula is C38H74. The number of rotatable bonds is 4. The Kier molecular flexibility index (Phi) is 71.2. The summed E-state index contributed by atoms with van der Waals surface area (Å²) < 4.78 is 0. The van der Waals surface area contributed by atoms with Gasteiger partial charge in [0, 0.05) is 0 Å². The van der Waals surface area contributed by atoms with Crippen LogP contribution in [0.1, 0.15) is 152 Å². The van der Waals surface area contributed by atoms with Crippen LogP contribution in [0.15, 0.2) is 48.5 Å². The Morgan fingerprint density at radius 1 is 0.658 bits per heavy atom. The standard InChI is InChI=1S/C9H12.C8H10.C6H14.C4H10.C3H8.C3H4.2C2H6.CH4/c1-7-5-4-6-8(2)9(7)3;1-2-8-6-4-3-5-7-8;1-4-5-6(2)3;1-3-4-2;2*1-3-2;2*1-2;/h4-6H,1-3H3;3-7H,2H2,1H3;6H,4-5H2,1-3H3;3-4H2,1-2H3;3H2,1-2H3;1H,2H3;2*1-2H3;1H4. The minimum Gasteiger partial charge on any atom is -0.120 e. The van der Waals surface area contributed by atoms with Crippen molar-refractivity contribution in [3.8, 4) is 12.3 Å². The molecule has 0 heteroatoms. The van der Waals surface area contributed by atoms with Crippen molar-refractivity contribution >= 4 is 0 Å². The van der Waals surface area contributed by atoms with E-state index < -0.39 is 0 Å². The molecule has 0 amide bonds. The van der Waals surface area contributed by atoms with Gasteiger partial charge >= 0.3 is 0 Å². The Morgan fingerprint density at radius 3 is 1.16 bits per heavy atom. The summed E-state index contributed by atoms with van der Waals surface area (Å²) >= 11 is 0. The fourth-order valence-corrected chi connectivity index (χ4v) is 2.19. The zero-order valence-electron chi connectivity index (χ0n) is 28.5. The Balaban J connectivity index is -0.0000000615. The lowest BCUT2D eigenvalue weighted by Gasteiger charge is -2.00. The van der Waals surface area contributed by atoms with Gasteiger partial charge in [-0.2, -0.15) is 0 Å². The molecule has 0 aliphatic carbocycles. The molecule has 0 fully saturated rings. The molecule has 0 saturated carbocycles. The van der Waals surface area contributed by atoms with Crippen molar-refractivity contribution in [1.82, 2.24) is 0 Å². The molecule has 2 rings (SSSR count). The summed E-state index contributed by atoms with van der Waals surface area (Å²) in [6.07, 6.45) is 12.3. The lowest BCUT2D eigenvalue weighted by atomic mass is 10.1. The normalized spacial score (nSPS) is 7.58. The monoisotopic (exact) mass is 531 g/mol. The fourth-order valence-electron chi connectivity index (χ4n) is 2.19. The lowest BCUT2D eigenvalue weighted by Crippen LogP contribution is -1.82. The molecule has 226 valence electrons. The van der Waals surface area contributed by atoms with Crippen LogP contribution in [0.25, 0.3) is 0 Å². The van der Waals surface area contributed by atoms with E-state index in [1.165, 1.54) is 54.4 Å². The predicted octanol–water partition coefficient (Wildman–Crippen LogP) is 13.9. The predicted molar refractivity (Wildman–Crippen MR) is 187 cm³/mol. The smallest absolute Gasteiger partial charge is 0.00297 e. The van der Waals surface area contributed by atoms with Crippen LogP contribution in [-0.4, -0.2) is 0 Å². The van der Waals surface area contributed by atoms with Crippen LogP contribution in [0.5, 0.6) is 0 Å². The molecule has 0 aliphatic heterocycles. The van der Waals surface area contributed by atoms with E-state index in [9.17, 15) is 0 Å².